The van der Waals surface area contributed by atoms with Crippen LogP contribution in [0.1, 0.15) is 31.4 Å². The molecule has 0 fully saturated rings. The van der Waals surface area contributed by atoms with Crippen molar-refractivity contribution in [2.75, 3.05) is 17.7 Å². The number of aromatic nitrogens is 2. The van der Waals surface area contributed by atoms with E-state index in [1.54, 1.807) is 10.7 Å². The second kappa shape index (κ2) is 8.98. The molecule has 0 saturated heterocycles. The Balaban J connectivity index is 1.91. The number of hydrogen-bond acceptors (Lipinski definition) is 5. The predicted octanol–water partition coefficient (Wildman–Crippen LogP) is 5.24. The standard InChI is InChI=1S/C23H25N5O/c1-5-19(29-20-9-7-6-8-10-20)12-11-16(2)27-22-18(13-24)14-26-28-15-21(25-4)17(3)23(22)28/h6-12,14-15,25,27H,5H2,1-4H3/b16-11+,19-12+. The maximum atomic E-state index is 9.56. The van der Waals surface area contributed by atoms with Crippen molar-refractivity contribution in [1.29, 1.82) is 5.26 Å². The number of benzene rings is 1. The van der Waals surface area contributed by atoms with Crippen LogP contribution in [0.5, 0.6) is 5.75 Å². The lowest BCUT2D eigenvalue weighted by Gasteiger charge is -2.11. The van der Waals surface area contributed by atoms with Gasteiger partial charge in [-0.3, -0.25) is 0 Å². The Hall–Kier alpha value is -3.72. The molecule has 0 unspecified atom stereocenters. The van der Waals surface area contributed by atoms with Gasteiger partial charge in [-0.1, -0.05) is 25.1 Å². The highest BCUT2D eigenvalue weighted by atomic mass is 16.5. The molecule has 6 heteroatoms. The van der Waals surface area contributed by atoms with Gasteiger partial charge in [0.1, 0.15) is 17.6 Å². The first-order valence-electron chi connectivity index (χ1n) is 9.53. The van der Waals surface area contributed by atoms with Crippen molar-refractivity contribution in [2.45, 2.75) is 27.2 Å². The highest BCUT2D eigenvalue weighted by molar-refractivity contribution is 5.85. The summed E-state index contributed by atoms with van der Waals surface area (Å²) in [7, 11) is 1.87. The maximum Gasteiger partial charge on any atom is 0.126 e. The summed E-state index contributed by atoms with van der Waals surface area (Å²) >= 11 is 0. The minimum Gasteiger partial charge on any atom is -0.462 e. The Kier molecular flexibility index (Phi) is 6.20. The van der Waals surface area contributed by atoms with E-state index in [0.29, 0.717) is 5.56 Å². The summed E-state index contributed by atoms with van der Waals surface area (Å²) < 4.78 is 7.71. The molecular formula is C23H25N5O. The van der Waals surface area contributed by atoms with Crippen LogP contribution in [0.4, 0.5) is 11.4 Å². The monoisotopic (exact) mass is 387 g/mol. The second-order valence-corrected chi connectivity index (χ2v) is 6.63. The van der Waals surface area contributed by atoms with Gasteiger partial charge in [-0.05, 0) is 38.1 Å². The zero-order valence-electron chi connectivity index (χ0n) is 17.2. The van der Waals surface area contributed by atoms with Crippen molar-refractivity contribution in [1.82, 2.24) is 9.61 Å². The normalized spacial score (nSPS) is 12.0. The van der Waals surface area contributed by atoms with Gasteiger partial charge in [-0.15, -0.1) is 0 Å². The number of ether oxygens (including phenoxy) is 1. The molecule has 1 aromatic carbocycles. The third-order valence-corrected chi connectivity index (χ3v) is 4.63. The zero-order chi connectivity index (χ0) is 20.8. The number of nitrogens with zero attached hydrogens (tertiary/aromatic N) is 3. The van der Waals surface area contributed by atoms with Crippen molar-refractivity contribution in [3.63, 3.8) is 0 Å². The highest BCUT2D eigenvalue weighted by Gasteiger charge is 2.15. The number of fused-ring (bicyclic) bond motifs is 1. The molecule has 0 aliphatic rings. The quantitative estimate of drug-likeness (QED) is 0.428. The Labute approximate surface area is 171 Å². The molecule has 2 N–H and O–H groups in total. The second-order valence-electron chi connectivity index (χ2n) is 6.63. The molecule has 2 aromatic heterocycles. The predicted molar refractivity (Wildman–Crippen MR) is 117 cm³/mol. The van der Waals surface area contributed by atoms with Gasteiger partial charge in [-0.2, -0.15) is 10.4 Å². The van der Waals surface area contributed by atoms with E-state index in [0.717, 1.165) is 46.1 Å². The largest absolute Gasteiger partial charge is 0.462 e. The van der Waals surface area contributed by atoms with Gasteiger partial charge < -0.3 is 15.4 Å². The van der Waals surface area contributed by atoms with Crippen LogP contribution >= 0.6 is 0 Å². The average Bonchev–Trinajstić information content (AvgIpc) is 3.08. The first-order valence-corrected chi connectivity index (χ1v) is 9.53. The Bertz CT molecular complexity index is 1100. The van der Waals surface area contributed by atoms with Gasteiger partial charge >= 0.3 is 0 Å². The first kappa shape index (κ1) is 20.0. The van der Waals surface area contributed by atoms with Crippen molar-refractivity contribution >= 4 is 16.9 Å². The molecule has 0 aliphatic heterocycles. The molecule has 0 atom stereocenters. The lowest BCUT2D eigenvalue weighted by molar-refractivity contribution is 0.409. The Morgan fingerprint density at radius 3 is 2.69 bits per heavy atom. The van der Waals surface area contributed by atoms with Crippen molar-refractivity contribution in [3.05, 3.63) is 77.5 Å². The SMILES string of the molecule is CC/C(=C\C=C(/C)Nc1c(C#N)cnn2cc(NC)c(C)c12)Oc1ccccc1. The van der Waals surface area contributed by atoms with E-state index in [9.17, 15) is 5.26 Å². The van der Waals surface area contributed by atoms with Crippen molar-refractivity contribution in [2.24, 2.45) is 0 Å². The molecule has 0 amide bonds. The highest BCUT2D eigenvalue weighted by Crippen LogP contribution is 2.30. The summed E-state index contributed by atoms with van der Waals surface area (Å²) in [6.45, 7) is 6.02. The summed E-state index contributed by atoms with van der Waals surface area (Å²) in [6, 6.07) is 11.9. The third-order valence-electron chi connectivity index (χ3n) is 4.63. The van der Waals surface area contributed by atoms with Crippen molar-refractivity contribution in [3.8, 4) is 11.8 Å². The fraction of sp³-hybridized carbons (Fsp3) is 0.217. The number of para-hydroxylation sites is 1. The topological polar surface area (TPSA) is 74.4 Å². The summed E-state index contributed by atoms with van der Waals surface area (Å²) in [6.07, 6.45) is 8.16. The Morgan fingerprint density at radius 1 is 1.28 bits per heavy atom. The average molecular weight is 387 g/mol. The van der Waals surface area contributed by atoms with E-state index in [-0.39, 0.29) is 0 Å². The molecule has 3 rings (SSSR count). The fourth-order valence-electron chi connectivity index (χ4n) is 3.07. The van der Waals surface area contributed by atoms with E-state index in [1.165, 1.54) is 0 Å². The van der Waals surface area contributed by atoms with E-state index in [4.69, 9.17) is 4.74 Å². The molecule has 0 radical (unpaired) electrons. The molecule has 2 heterocycles. The molecule has 0 spiro atoms. The van der Waals surface area contributed by atoms with Crippen LogP contribution in [0.2, 0.25) is 0 Å². The molecule has 0 saturated carbocycles. The number of aryl methyl sites for hydroxylation is 1. The van der Waals surface area contributed by atoms with E-state index in [2.05, 4.69) is 28.7 Å². The van der Waals surface area contributed by atoms with Gasteiger partial charge in [0.05, 0.1) is 34.8 Å². The fourth-order valence-corrected chi connectivity index (χ4v) is 3.07. The number of allylic oxidation sites excluding steroid dienone is 4. The number of hydrogen-bond donors (Lipinski definition) is 2. The van der Waals surface area contributed by atoms with Crippen molar-refractivity contribution < 1.29 is 4.74 Å². The van der Waals surface area contributed by atoms with Gasteiger partial charge in [0.2, 0.25) is 0 Å². The summed E-state index contributed by atoms with van der Waals surface area (Å²) in [5.74, 6) is 1.67. The zero-order valence-corrected chi connectivity index (χ0v) is 17.2. The minimum absolute atomic E-state index is 0.495. The molecule has 148 valence electrons. The summed E-state index contributed by atoms with van der Waals surface area (Å²) in [5.41, 5.74) is 5.01. The van der Waals surface area contributed by atoms with Gasteiger partial charge in [0, 0.05) is 24.7 Å². The minimum atomic E-state index is 0.495. The Morgan fingerprint density at radius 2 is 2.03 bits per heavy atom. The molecular weight excluding hydrogens is 362 g/mol. The van der Waals surface area contributed by atoms with Crippen LogP contribution in [0.15, 0.2) is 66.3 Å². The van der Waals surface area contributed by atoms with Crippen LogP contribution in [0, 0.1) is 18.3 Å². The lowest BCUT2D eigenvalue weighted by atomic mass is 10.1. The molecule has 29 heavy (non-hydrogen) atoms. The lowest BCUT2D eigenvalue weighted by Crippen LogP contribution is -2.03. The number of anilines is 2. The molecule has 0 aliphatic carbocycles. The van der Waals surface area contributed by atoms with Crippen LogP contribution in [0.25, 0.3) is 5.52 Å². The smallest absolute Gasteiger partial charge is 0.126 e. The summed E-state index contributed by atoms with van der Waals surface area (Å²) in [4.78, 5) is 0. The van der Waals surface area contributed by atoms with Crippen LogP contribution < -0.4 is 15.4 Å². The molecule has 0 bridgehead atoms. The number of nitriles is 1. The van der Waals surface area contributed by atoms with E-state index in [1.807, 2.05) is 69.6 Å². The molecule has 3 aromatic rings. The third kappa shape index (κ3) is 4.41. The first-order chi connectivity index (χ1) is 14.1. The van der Waals surface area contributed by atoms with Gasteiger partial charge in [-0.25, -0.2) is 4.52 Å². The van der Waals surface area contributed by atoms with Crippen LogP contribution in [0.3, 0.4) is 0 Å². The van der Waals surface area contributed by atoms with Crippen LogP contribution in [-0.2, 0) is 0 Å². The van der Waals surface area contributed by atoms with E-state index >= 15 is 0 Å². The molecule has 6 nitrogen and oxygen atoms in total. The summed E-state index contributed by atoms with van der Waals surface area (Å²) in [5, 5.41) is 20.4. The maximum absolute atomic E-state index is 9.56. The van der Waals surface area contributed by atoms with Crippen LogP contribution in [-0.4, -0.2) is 16.7 Å². The van der Waals surface area contributed by atoms with E-state index < -0.39 is 0 Å². The van der Waals surface area contributed by atoms with Gasteiger partial charge in [0.15, 0.2) is 0 Å². The van der Waals surface area contributed by atoms with Gasteiger partial charge in [0.25, 0.3) is 0 Å². The number of rotatable bonds is 7. The number of nitrogens with one attached hydrogen (secondary N) is 2.